The minimum atomic E-state index is -1.07. The number of nitrogens with one attached hydrogen (secondary N) is 1. The first kappa shape index (κ1) is 16.8. The molecule has 1 heterocycles. The van der Waals surface area contributed by atoms with E-state index in [0.717, 1.165) is 16.7 Å². The van der Waals surface area contributed by atoms with Crippen molar-refractivity contribution in [3.63, 3.8) is 0 Å². The smallest absolute Gasteiger partial charge is 0.319 e. The summed E-state index contributed by atoms with van der Waals surface area (Å²) in [5, 5.41) is 3.64. The molecule has 1 N–H and O–H groups in total. The first-order valence-corrected chi connectivity index (χ1v) is 8.22. The normalized spacial score (nSPS) is 20.4. The zero-order valence-electron chi connectivity index (χ0n) is 13.3. The van der Waals surface area contributed by atoms with Crippen molar-refractivity contribution in [3.8, 4) is 0 Å². The third kappa shape index (κ3) is 2.76. The third-order valence-electron chi connectivity index (χ3n) is 4.28. The predicted molar refractivity (Wildman–Crippen MR) is 94.1 cm³/mol. The van der Waals surface area contributed by atoms with E-state index in [1.54, 1.807) is 25.1 Å². The molecule has 124 valence electrons. The fraction of sp³-hybridized carbons (Fsp3) is 0.222. The summed E-state index contributed by atoms with van der Waals surface area (Å²) < 4.78 is 0. The molecule has 24 heavy (non-hydrogen) atoms. The third-order valence-corrected chi connectivity index (χ3v) is 5.02. The average molecular weight is 363 g/mol. The first-order valence-electron chi connectivity index (χ1n) is 7.47. The van der Waals surface area contributed by atoms with E-state index in [2.05, 4.69) is 5.32 Å². The van der Waals surface area contributed by atoms with Gasteiger partial charge in [-0.3, -0.25) is 9.69 Å². The molecule has 1 aliphatic rings. The van der Waals surface area contributed by atoms with Crippen LogP contribution in [0.2, 0.25) is 10.0 Å². The van der Waals surface area contributed by atoms with Crippen LogP contribution in [0.3, 0.4) is 0 Å². The van der Waals surface area contributed by atoms with Gasteiger partial charge in [-0.2, -0.15) is 0 Å². The molecule has 1 saturated heterocycles. The maximum absolute atomic E-state index is 12.9. The van der Waals surface area contributed by atoms with Gasteiger partial charge in [-0.25, -0.2) is 4.79 Å². The number of aryl methyl sites for hydroxylation is 1. The number of carbonyl (C=O) groups excluding carboxylic acids is 2. The van der Waals surface area contributed by atoms with Crippen molar-refractivity contribution in [2.45, 2.75) is 25.9 Å². The minimum absolute atomic E-state index is 0.142. The molecule has 3 amide bonds. The molecule has 1 aliphatic heterocycles. The Kier molecular flexibility index (Phi) is 4.28. The van der Waals surface area contributed by atoms with Gasteiger partial charge >= 0.3 is 6.03 Å². The van der Waals surface area contributed by atoms with Gasteiger partial charge in [-0.05, 0) is 42.7 Å². The minimum Gasteiger partial charge on any atom is -0.319 e. The molecule has 1 unspecified atom stereocenters. The zero-order chi connectivity index (χ0) is 17.5. The Morgan fingerprint density at radius 3 is 2.46 bits per heavy atom. The monoisotopic (exact) mass is 362 g/mol. The highest BCUT2D eigenvalue weighted by molar-refractivity contribution is 6.42. The van der Waals surface area contributed by atoms with Gasteiger partial charge in [-0.15, -0.1) is 0 Å². The zero-order valence-corrected chi connectivity index (χ0v) is 14.8. The summed E-state index contributed by atoms with van der Waals surface area (Å²) in [6.45, 7) is 3.79. The lowest BCUT2D eigenvalue weighted by atomic mass is 9.88. The molecule has 0 aliphatic carbocycles. The van der Waals surface area contributed by atoms with Crippen LogP contribution < -0.4 is 5.32 Å². The summed E-state index contributed by atoms with van der Waals surface area (Å²) in [4.78, 5) is 26.5. The fourth-order valence-corrected chi connectivity index (χ4v) is 3.30. The van der Waals surface area contributed by atoms with Gasteiger partial charge < -0.3 is 5.32 Å². The van der Waals surface area contributed by atoms with E-state index in [-0.39, 0.29) is 12.5 Å². The van der Waals surface area contributed by atoms with Crippen LogP contribution in [-0.2, 0) is 16.9 Å². The first-order chi connectivity index (χ1) is 11.3. The summed E-state index contributed by atoms with van der Waals surface area (Å²) >= 11 is 11.9. The maximum atomic E-state index is 12.9. The van der Waals surface area contributed by atoms with Gasteiger partial charge in [0, 0.05) is 0 Å². The molecule has 0 spiro atoms. The number of imide groups is 1. The summed E-state index contributed by atoms with van der Waals surface area (Å²) in [6, 6.07) is 12.2. The fourth-order valence-electron chi connectivity index (χ4n) is 2.98. The molecule has 0 saturated carbocycles. The van der Waals surface area contributed by atoms with Crippen molar-refractivity contribution in [1.29, 1.82) is 0 Å². The van der Waals surface area contributed by atoms with Crippen LogP contribution in [-0.4, -0.2) is 16.8 Å². The van der Waals surface area contributed by atoms with Crippen LogP contribution in [0.5, 0.6) is 0 Å². The molecule has 2 aromatic carbocycles. The van der Waals surface area contributed by atoms with E-state index in [0.29, 0.717) is 10.0 Å². The van der Waals surface area contributed by atoms with Crippen LogP contribution >= 0.6 is 23.2 Å². The second-order valence-electron chi connectivity index (χ2n) is 6.01. The van der Waals surface area contributed by atoms with Gasteiger partial charge in [0.2, 0.25) is 0 Å². The van der Waals surface area contributed by atoms with E-state index < -0.39 is 11.6 Å². The highest BCUT2D eigenvalue weighted by Gasteiger charge is 2.49. The van der Waals surface area contributed by atoms with E-state index in [4.69, 9.17) is 23.2 Å². The summed E-state index contributed by atoms with van der Waals surface area (Å²) in [5.41, 5.74) is 1.41. The van der Waals surface area contributed by atoms with Gasteiger partial charge in [-0.1, -0.05) is 53.5 Å². The van der Waals surface area contributed by atoms with Crippen LogP contribution in [0.25, 0.3) is 0 Å². The predicted octanol–water partition coefficient (Wildman–Crippen LogP) is 4.27. The quantitative estimate of drug-likeness (QED) is 0.828. The Morgan fingerprint density at radius 1 is 1.08 bits per heavy atom. The number of carbonyl (C=O) groups is 2. The average Bonchev–Trinajstić information content (AvgIpc) is 2.75. The molecule has 6 heteroatoms. The van der Waals surface area contributed by atoms with E-state index >= 15 is 0 Å². The number of halogens is 2. The number of hydrogen-bond acceptors (Lipinski definition) is 2. The van der Waals surface area contributed by atoms with Crippen LogP contribution in [0, 0.1) is 6.92 Å². The number of hydrogen-bond donors (Lipinski definition) is 1. The summed E-state index contributed by atoms with van der Waals surface area (Å²) in [7, 11) is 0. The second kappa shape index (κ2) is 6.11. The number of amides is 3. The molecule has 3 rings (SSSR count). The Morgan fingerprint density at radius 2 is 1.79 bits per heavy atom. The Balaban J connectivity index is 1.92. The number of nitrogens with zero attached hydrogens (tertiary/aromatic N) is 1. The molecule has 0 radical (unpaired) electrons. The van der Waals surface area contributed by atoms with E-state index in [9.17, 15) is 9.59 Å². The molecule has 0 aromatic heterocycles. The lowest BCUT2D eigenvalue weighted by molar-refractivity contribution is -0.131. The van der Waals surface area contributed by atoms with Gasteiger partial charge in [0.25, 0.3) is 5.91 Å². The molecule has 4 nitrogen and oxygen atoms in total. The Bertz CT molecular complexity index is 838. The Labute approximate surface area is 150 Å². The van der Waals surface area contributed by atoms with Gasteiger partial charge in [0.1, 0.15) is 5.54 Å². The molecular weight excluding hydrogens is 347 g/mol. The molecule has 1 atom stereocenters. The second-order valence-corrected chi connectivity index (χ2v) is 6.82. The topological polar surface area (TPSA) is 49.4 Å². The molecule has 0 bridgehead atoms. The summed E-state index contributed by atoms with van der Waals surface area (Å²) in [5.74, 6) is -0.284. The molecule has 2 aromatic rings. The van der Waals surface area contributed by atoms with Crippen molar-refractivity contribution in [2.75, 3.05) is 0 Å². The summed E-state index contributed by atoms with van der Waals surface area (Å²) in [6.07, 6.45) is 0. The van der Waals surface area contributed by atoms with Crippen LogP contribution in [0.1, 0.15) is 23.6 Å². The molecular formula is C18H16Cl2N2O2. The standard InChI is InChI=1S/C18H16Cl2N2O2/c1-11-5-3-4-6-13(11)18(2)16(23)22(17(24)21-18)10-12-7-8-14(19)15(20)9-12/h3-9H,10H2,1-2H3,(H,21,24). The van der Waals surface area contributed by atoms with Gasteiger partial charge in [0.15, 0.2) is 0 Å². The number of urea groups is 1. The Hall–Kier alpha value is -2.04. The van der Waals surface area contributed by atoms with Gasteiger partial charge in [0.05, 0.1) is 16.6 Å². The van der Waals surface area contributed by atoms with Crippen molar-refractivity contribution >= 4 is 35.1 Å². The van der Waals surface area contributed by atoms with E-state index in [1.807, 2.05) is 31.2 Å². The van der Waals surface area contributed by atoms with Crippen molar-refractivity contribution < 1.29 is 9.59 Å². The molecule has 1 fully saturated rings. The maximum Gasteiger partial charge on any atom is 0.325 e. The van der Waals surface area contributed by atoms with E-state index in [1.165, 1.54) is 4.90 Å². The SMILES string of the molecule is Cc1ccccc1C1(C)NC(=O)N(Cc2ccc(Cl)c(Cl)c2)C1=O. The number of benzene rings is 2. The largest absolute Gasteiger partial charge is 0.325 e. The highest BCUT2D eigenvalue weighted by atomic mass is 35.5. The van der Waals surface area contributed by atoms with Crippen molar-refractivity contribution in [1.82, 2.24) is 10.2 Å². The number of rotatable bonds is 3. The van der Waals surface area contributed by atoms with Crippen LogP contribution in [0.15, 0.2) is 42.5 Å². The van der Waals surface area contributed by atoms with Crippen molar-refractivity contribution in [3.05, 3.63) is 69.2 Å². The highest BCUT2D eigenvalue weighted by Crippen LogP contribution is 2.32. The van der Waals surface area contributed by atoms with Crippen LogP contribution in [0.4, 0.5) is 4.79 Å². The lowest BCUT2D eigenvalue weighted by Gasteiger charge is -2.24. The van der Waals surface area contributed by atoms with Crippen molar-refractivity contribution in [2.24, 2.45) is 0 Å². The lowest BCUT2D eigenvalue weighted by Crippen LogP contribution is -2.41.